The first kappa shape index (κ1) is 16.2. The van der Waals surface area contributed by atoms with Gasteiger partial charge in [0, 0.05) is 18.0 Å². The summed E-state index contributed by atoms with van der Waals surface area (Å²) in [5.41, 5.74) is 9.64. The van der Waals surface area contributed by atoms with Crippen molar-refractivity contribution in [3.63, 3.8) is 0 Å². The summed E-state index contributed by atoms with van der Waals surface area (Å²) in [6.45, 7) is 4.31. The average molecular weight is 336 g/mol. The Morgan fingerprint density at radius 2 is 1.31 bits per heavy atom. The Hall–Kier alpha value is -3.26. The zero-order valence-electron chi connectivity index (χ0n) is 15.0. The second-order valence-corrected chi connectivity index (χ2v) is 6.61. The van der Waals surface area contributed by atoms with E-state index in [2.05, 4.69) is 90.5 Å². The summed E-state index contributed by atoms with van der Waals surface area (Å²) in [6.07, 6.45) is 5.27. The predicted octanol–water partition coefficient (Wildman–Crippen LogP) is 6.09. The van der Waals surface area contributed by atoms with Gasteiger partial charge in [-0.1, -0.05) is 54.6 Å². The smallest absolute Gasteiger partial charge is 0.115 e. The summed E-state index contributed by atoms with van der Waals surface area (Å²) in [4.78, 5) is 8.29. The fourth-order valence-corrected chi connectivity index (χ4v) is 3.30. The lowest BCUT2D eigenvalue weighted by atomic mass is 9.92. The number of aryl methyl sites for hydroxylation is 2. The van der Waals surface area contributed by atoms with Crippen molar-refractivity contribution in [3.05, 3.63) is 96.6 Å². The van der Waals surface area contributed by atoms with E-state index in [0.29, 0.717) is 0 Å². The Labute approximate surface area is 154 Å². The van der Waals surface area contributed by atoms with Crippen molar-refractivity contribution in [2.75, 3.05) is 0 Å². The van der Waals surface area contributed by atoms with Crippen LogP contribution in [0.15, 0.2) is 85.5 Å². The fourth-order valence-electron chi connectivity index (χ4n) is 3.30. The molecule has 0 N–H and O–H groups in total. The highest BCUT2D eigenvalue weighted by atomic mass is 14.8. The zero-order valence-corrected chi connectivity index (χ0v) is 15.0. The van der Waals surface area contributed by atoms with E-state index in [9.17, 15) is 0 Å². The predicted molar refractivity (Wildman–Crippen MR) is 108 cm³/mol. The molecule has 0 amide bonds. The molecule has 0 atom stereocenters. The lowest BCUT2D eigenvalue weighted by Gasteiger charge is -2.12. The number of rotatable bonds is 3. The van der Waals surface area contributed by atoms with Crippen LogP contribution < -0.4 is 0 Å². The molecule has 0 unspecified atom stereocenters. The van der Waals surface area contributed by atoms with Gasteiger partial charge in [0.1, 0.15) is 6.33 Å². The quantitative estimate of drug-likeness (QED) is 0.452. The molecular formula is C24H20N2. The Morgan fingerprint density at radius 1 is 0.577 bits per heavy atom. The van der Waals surface area contributed by atoms with Crippen LogP contribution >= 0.6 is 0 Å². The van der Waals surface area contributed by atoms with Crippen LogP contribution in [0.5, 0.6) is 0 Å². The van der Waals surface area contributed by atoms with E-state index in [1.54, 1.807) is 6.33 Å². The van der Waals surface area contributed by atoms with E-state index >= 15 is 0 Å². The zero-order chi connectivity index (χ0) is 17.9. The average Bonchev–Trinajstić information content (AvgIpc) is 2.69. The fraction of sp³-hybridized carbons (Fsp3) is 0.0833. The van der Waals surface area contributed by atoms with Crippen LogP contribution in [-0.2, 0) is 0 Å². The molecule has 2 heteroatoms. The minimum absolute atomic E-state index is 1.03. The topological polar surface area (TPSA) is 25.8 Å². The molecule has 0 aliphatic heterocycles. The van der Waals surface area contributed by atoms with Gasteiger partial charge in [-0.05, 0) is 64.9 Å². The van der Waals surface area contributed by atoms with Crippen LogP contribution in [0.1, 0.15) is 11.1 Å². The van der Waals surface area contributed by atoms with Gasteiger partial charge >= 0.3 is 0 Å². The van der Waals surface area contributed by atoms with Crippen LogP contribution in [0.4, 0.5) is 0 Å². The van der Waals surface area contributed by atoms with Crippen molar-refractivity contribution in [2.45, 2.75) is 13.8 Å². The van der Waals surface area contributed by atoms with Crippen molar-refractivity contribution in [1.82, 2.24) is 9.97 Å². The second-order valence-electron chi connectivity index (χ2n) is 6.61. The van der Waals surface area contributed by atoms with Gasteiger partial charge in [0.15, 0.2) is 0 Å². The molecule has 0 aliphatic carbocycles. The van der Waals surface area contributed by atoms with Gasteiger partial charge in [-0.3, -0.25) is 0 Å². The van der Waals surface area contributed by atoms with Crippen LogP contribution in [0, 0.1) is 13.8 Å². The number of benzene rings is 3. The van der Waals surface area contributed by atoms with Gasteiger partial charge < -0.3 is 0 Å². The Kier molecular flexibility index (Phi) is 4.32. The molecule has 0 radical (unpaired) electrons. The number of hydrogen-bond donors (Lipinski definition) is 0. The molecular weight excluding hydrogens is 316 g/mol. The molecule has 26 heavy (non-hydrogen) atoms. The molecule has 1 aromatic heterocycles. The van der Waals surface area contributed by atoms with Gasteiger partial charge in [-0.25, -0.2) is 9.97 Å². The first-order valence-electron chi connectivity index (χ1n) is 8.74. The summed E-state index contributed by atoms with van der Waals surface area (Å²) in [7, 11) is 0. The van der Waals surface area contributed by atoms with E-state index in [1.807, 2.05) is 12.4 Å². The minimum atomic E-state index is 1.03. The second kappa shape index (κ2) is 6.93. The Morgan fingerprint density at radius 3 is 2.08 bits per heavy atom. The number of aromatic nitrogens is 2. The van der Waals surface area contributed by atoms with Gasteiger partial charge in [-0.15, -0.1) is 0 Å². The van der Waals surface area contributed by atoms with E-state index < -0.39 is 0 Å². The van der Waals surface area contributed by atoms with Crippen LogP contribution in [0.2, 0.25) is 0 Å². The van der Waals surface area contributed by atoms with Crippen molar-refractivity contribution in [1.29, 1.82) is 0 Å². The highest BCUT2D eigenvalue weighted by Crippen LogP contribution is 2.32. The molecule has 126 valence electrons. The molecule has 0 bridgehead atoms. The molecule has 2 nitrogen and oxygen atoms in total. The third-order valence-corrected chi connectivity index (χ3v) is 4.63. The Balaban J connectivity index is 1.84. The molecule has 0 aliphatic rings. The first-order chi connectivity index (χ1) is 12.7. The summed E-state index contributed by atoms with van der Waals surface area (Å²) < 4.78 is 0. The molecule has 0 saturated heterocycles. The molecule has 3 aromatic carbocycles. The van der Waals surface area contributed by atoms with Crippen molar-refractivity contribution in [2.24, 2.45) is 0 Å². The lowest BCUT2D eigenvalue weighted by molar-refractivity contribution is 1.17. The van der Waals surface area contributed by atoms with E-state index in [4.69, 9.17) is 0 Å². The van der Waals surface area contributed by atoms with Gasteiger partial charge in [0.25, 0.3) is 0 Å². The standard InChI is InChI=1S/C24H20N2/c1-17-10-21(19-6-4-3-5-7-19)12-22(11-17)24-13-20(9-8-18(24)2)23-14-25-16-26-15-23/h3-16H,1-2H3. The molecule has 0 fully saturated rings. The van der Waals surface area contributed by atoms with E-state index in [0.717, 1.165) is 11.1 Å². The monoisotopic (exact) mass is 336 g/mol. The summed E-state index contributed by atoms with van der Waals surface area (Å²) in [6, 6.07) is 23.8. The first-order valence-corrected chi connectivity index (χ1v) is 8.74. The summed E-state index contributed by atoms with van der Waals surface area (Å²) >= 11 is 0. The molecule has 0 saturated carbocycles. The largest absolute Gasteiger partial charge is 0.244 e. The van der Waals surface area contributed by atoms with Crippen LogP contribution in [-0.4, -0.2) is 9.97 Å². The molecule has 1 heterocycles. The number of nitrogens with zero attached hydrogens (tertiary/aromatic N) is 2. The minimum Gasteiger partial charge on any atom is -0.244 e. The highest BCUT2D eigenvalue weighted by molar-refractivity contribution is 5.79. The maximum atomic E-state index is 4.14. The normalized spacial score (nSPS) is 10.7. The Bertz CT molecular complexity index is 1040. The number of hydrogen-bond acceptors (Lipinski definition) is 2. The van der Waals surface area contributed by atoms with Crippen LogP contribution in [0.3, 0.4) is 0 Å². The van der Waals surface area contributed by atoms with Gasteiger partial charge in [-0.2, -0.15) is 0 Å². The highest BCUT2D eigenvalue weighted by Gasteiger charge is 2.08. The lowest BCUT2D eigenvalue weighted by Crippen LogP contribution is -1.89. The maximum Gasteiger partial charge on any atom is 0.115 e. The summed E-state index contributed by atoms with van der Waals surface area (Å²) in [5.74, 6) is 0. The molecule has 0 spiro atoms. The summed E-state index contributed by atoms with van der Waals surface area (Å²) in [5, 5.41) is 0. The maximum absolute atomic E-state index is 4.14. The van der Waals surface area contributed by atoms with Crippen molar-refractivity contribution in [3.8, 4) is 33.4 Å². The third kappa shape index (κ3) is 3.27. The SMILES string of the molecule is Cc1cc(-c2ccccc2)cc(-c2cc(-c3cncnc3)ccc2C)c1. The van der Waals surface area contributed by atoms with E-state index in [-0.39, 0.29) is 0 Å². The van der Waals surface area contributed by atoms with Crippen molar-refractivity contribution >= 4 is 0 Å². The molecule has 4 aromatic rings. The van der Waals surface area contributed by atoms with E-state index in [1.165, 1.54) is 33.4 Å². The third-order valence-electron chi connectivity index (χ3n) is 4.63. The molecule has 4 rings (SSSR count). The van der Waals surface area contributed by atoms with Crippen molar-refractivity contribution < 1.29 is 0 Å². The van der Waals surface area contributed by atoms with Crippen LogP contribution in [0.25, 0.3) is 33.4 Å². The van der Waals surface area contributed by atoms with Gasteiger partial charge in [0.05, 0.1) is 0 Å². The van der Waals surface area contributed by atoms with Gasteiger partial charge in [0.2, 0.25) is 0 Å².